The van der Waals surface area contributed by atoms with Crippen LogP contribution in [0.1, 0.15) is 33.6 Å². The van der Waals surface area contributed by atoms with Crippen molar-refractivity contribution >= 4 is 0 Å². The molecule has 0 aromatic carbocycles. The molecule has 1 aliphatic carbocycles. The summed E-state index contributed by atoms with van der Waals surface area (Å²) in [6.45, 7) is 10.9. The molecule has 1 fully saturated rings. The highest BCUT2D eigenvalue weighted by molar-refractivity contribution is 5.07. The lowest BCUT2D eigenvalue weighted by Gasteiger charge is -2.35. The van der Waals surface area contributed by atoms with E-state index in [0.29, 0.717) is 5.92 Å². The molecule has 0 nitrogen and oxygen atoms in total. The van der Waals surface area contributed by atoms with Gasteiger partial charge in [0.15, 0.2) is 0 Å². The summed E-state index contributed by atoms with van der Waals surface area (Å²) in [5.74, 6) is 2.51. The third kappa shape index (κ3) is 1.42. The Labute approximate surface area is 64.3 Å². The van der Waals surface area contributed by atoms with Gasteiger partial charge in [-0.2, -0.15) is 0 Å². The van der Waals surface area contributed by atoms with Crippen molar-refractivity contribution < 1.29 is 0 Å². The van der Waals surface area contributed by atoms with Gasteiger partial charge in [0.2, 0.25) is 0 Å². The van der Waals surface area contributed by atoms with Gasteiger partial charge in [-0.05, 0) is 30.6 Å². The Morgan fingerprint density at radius 2 is 1.90 bits per heavy atom. The molecule has 0 saturated heterocycles. The van der Waals surface area contributed by atoms with Crippen molar-refractivity contribution in [1.29, 1.82) is 0 Å². The zero-order valence-electron chi connectivity index (χ0n) is 7.35. The average molecular weight is 138 g/mol. The molecule has 0 aromatic rings. The summed E-state index contributed by atoms with van der Waals surface area (Å²) in [5.41, 5.74) is 1.47. The minimum Gasteiger partial charge on any atom is -0.0993 e. The third-order valence-electron chi connectivity index (χ3n) is 2.64. The van der Waals surface area contributed by atoms with E-state index in [-0.39, 0.29) is 0 Å². The Morgan fingerprint density at radius 1 is 1.40 bits per heavy atom. The van der Waals surface area contributed by atoms with E-state index in [2.05, 4.69) is 27.4 Å². The largest absolute Gasteiger partial charge is 0.0993 e. The van der Waals surface area contributed by atoms with Crippen molar-refractivity contribution in [2.75, 3.05) is 0 Å². The summed E-state index contributed by atoms with van der Waals surface area (Å²) >= 11 is 0. The van der Waals surface area contributed by atoms with Gasteiger partial charge in [-0.15, -0.1) is 0 Å². The molecule has 0 unspecified atom stereocenters. The number of hydrogen-bond donors (Lipinski definition) is 0. The first-order chi connectivity index (χ1) is 4.61. The van der Waals surface area contributed by atoms with Crippen LogP contribution in [0.3, 0.4) is 0 Å². The lowest BCUT2D eigenvalue weighted by Crippen LogP contribution is -2.24. The molecule has 0 heteroatoms. The predicted molar refractivity (Wildman–Crippen MR) is 45.9 cm³/mol. The van der Waals surface area contributed by atoms with Crippen LogP contribution in [-0.2, 0) is 0 Å². The maximum atomic E-state index is 4.11. The van der Waals surface area contributed by atoms with E-state index >= 15 is 0 Å². The van der Waals surface area contributed by atoms with Crippen LogP contribution in [0.15, 0.2) is 12.2 Å². The number of rotatable bonds is 2. The molecule has 1 saturated carbocycles. The van der Waals surface area contributed by atoms with Gasteiger partial charge in [-0.25, -0.2) is 0 Å². The van der Waals surface area contributed by atoms with Gasteiger partial charge in [-0.3, -0.25) is 0 Å². The average Bonchev–Trinajstić information content (AvgIpc) is 1.79. The summed E-state index contributed by atoms with van der Waals surface area (Å²) in [4.78, 5) is 0. The molecular formula is C10H18. The van der Waals surface area contributed by atoms with Crippen molar-refractivity contribution in [2.24, 2.45) is 17.8 Å². The SMILES string of the molecule is C=C(C(C)C)C1CC(C)C1. The zero-order valence-corrected chi connectivity index (χ0v) is 7.35. The van der Waals surface area contributed by atoms with Crippen molar-refractivity contribution in [3.05, 3.63) is 12.2 Å². The molecule has 0 spiro atoms. The Morgan fingerprint density at radius 3 is 2.20 bits per heavy atom. The number of hydrogen-bond acceptors (Lipinski definition) is 0. The second kappa shape index (κ2) is 2.77. The van der Waals surface area contributed by atoms with Crippen LogP contribution in [0.2, 0.25) is 0 Å². The highest BCUT2D eigenvalue weighted by atomic mass is 14.3. The summed E-state index contributed by atoms with van der Waals surface area (Å²) in [6.07, 6.45) is 2.77. The second-order valence-electron chi connectivity index (χ2n) is 4.00. The van der Waals surface area contributed by atoms with Gasteiger partial charge in [0, 0.05) is 0 Å². The van der Waals surface area contributed by atoms with Gasteiger partial charge in [0.1, 0.15) is 0 Å². The topological polar surface area (TPSA) is 0 Å². The molecule has 0 amide bonds. The molecule has 0 atom stereocenters. The third-order valence-corrected chi connectivity index (χ3v) is 2.64. The fraction of sp³-hybridized carbons (Fsp3) is 0.800. The Bertz CT molecular complexity index is 127. The van der Waals surface area contributed by atoms with E-state index in [0.717, 1.165) is 11.8 Å². The van der Waals surface area contributed by atoms with Crippen LogP contribution in [0, 0.1) is 17.8 Å². The predicted octanol–water partition coefficient (Wildman–Crippen LogP) is 3.24. The van der Waals surface area contributed by atoms with Crippen LogP contribution in [-0.4, -0.2) is 0 Å². The quantitative estimate of drug-likeness (QED) is 0.514. The van der Waals surface area contributed by atoms with Crippen molar-refractivity contribution in [3.8, 4) is 0 Å². The first-order valence-electron chi connectivity index (χ1n) is 4.30. The second-order valence-corrected chi connectivity index (χ2v) is 4.00. The number of allylic oxidation sites excluding steroid dienone is 1. The molecular weight excluding hydrogens is 120 g/mol. The molecule has 10 heavy (non-hydrogen) atoms. The van der Waals surface area contributed by atoms with Crippen LogP contribution in [0.5, 0.6) is 0 Å². The van der Waals surface area contributed by atoms with Gasteiger partial charge in [0.25, 0.3) is 0 Å². The Hall–Kier alpha value is -0.260. The van der Waals surface area contributed by atoms with E-state index in [1.165, 1.54) is 18.4 Å². The molecule has 0 aliphatic heterocycles. The zero-order chi connectivity index (χ0) is 7.72. The maximum absolute atomic E-state index is 4.11. The van der Waals surface area contributed by atoms with Crippen molar-refractivity contribution in [2.45, 2.75) is 33.6 Å². The molecule has 0 radical (unpaired) electrons. The van der Waals surface area contributed by atoms with Crippen LogP contribution < -0.4 is 0 Å². The summed E-state index contributed by atoms with van der Waals surface area (Å²) < 4.78 is 0. The van der Waals surface area contributed by atoms with Gasteiger partial charge in [-0.1, -0.05) is 32.9 Å². The van der Waals surface area contributed by atoms with E-state index in [9.17, 15) is 0 Å². The van der Waals surface area contributed by atoms with E-state index in [1.807, 2.05) is 0 Å². The lowest BCUT2D eigenvalue weighted by molar-refractivity contribution is 0.238. The molecule has 1 aliphatic rings. The van der Waals surface area contributed by atoms with Gasteiger partial charge < -0.3 is 0 Å². The van der Waals surface area contributed by atoms with Crippen LogP contribution in [0.25, 0.3) is 0 Å². The minimum absolute atomic E-state index is 0.692. The normalized spacial score (nSPS) is 32.0. The van der Waals surface area contributed by atoms with Crippen molar-refractivity contribution in [1.82, 2.24) is 0 Å². The molecule has 58 valence electrons. The Kier molecular flexibility index (Phi) is 2.18. The van der Waals surface area contributed by atoms with Gasteiger partial charge in [0.05, 0.1) is 0 Å². The molecule has 0 N–H and O–H groups in total. The highest BCUT2D eigenvalue weighted by Crippen LogP contribution is 2.39. The summed E-state index contributed by atoms with van der Waals surface area (Å²) in [6, 6.07) is 0. The maximum Gasteiger partial charge on any atom is -0.0198 e. The van der Waals surface area contributed by atoms with E-state index in [1.54, 1.807) is 0 Å². The van der Waals surface area contributed by atoms with Crippen LogP contribution in [0.4, 0.5) is 0 Å². The molecule has 0 heterocycles. The van der Waals surface area contributed by atoms with Crippen molar-refractivity contribution in [3.63, 3.8) is 0 Å². The Balaban J connectivity index is 2.31. The molecule has 0 bridgehead atoms. The first kappa shape index (κ1) is 7.84. The summed E-state index contributed by atoms with van der Waals surface area (Å²) in [7, 11) is 0. The highest BCUT2D eigenvalue weighted by Gasteiger charge is 2.28. The minimum atomic E-state index is 0.692. The fourth-order valence-corrected chi connectivity index (χ4v) is 1.68. The molecule has 1 rings (SSSR count). The van der Waals surface area contributed by atoms with E-state index in [4.69, 9.17) is 0 Å². The summed E-state index contributed by atoms with van der Waals surface area (Å²) in [5, 5.41) is 0. The monoisotopic (exact) mass is 138 g/mol. The standard InChI is InChI=1S/C10H18/c1-7(2)9(4)10-5-8(3)6-10/h7-8,10H,4-6H2,1-3H3. The lowest BCUT2D eigenvalue weighted by atomic mass is 9.70. The van der Waals surface area contributed by atoms with Gasteiger partial charge >= 0.3 is 0 Å². The van der Waals surface area contributed by atoms with Crippen LogP contribution >= 0.6 is 0 Å². The molecule has 0 aromatic heterocycles. The van der Waals surface area contributed by atoms with E-state index < -0.39 is 0 Å². The fourth-order valence-electron chi connectivity index (χ4n) is 1.68. The first-order valence-corrected chi connectivity index (χ1v) is 4.30. The smallest absolute Gasteiger partial charge is 0.0198 e.